The molecule has 5 heteroatoms. The molecule has 0 radical (unpaired) electrons. The van der Waals surface area contributed by atoms with Crippen LogP contribution in [0.2, 0.25) is 0 Å². The van der Waals surface area contributed by atoms with E-state index < -0.39 is 0 Å². The van der Waals surface area contributed by atoms with E-state index in [4.69, 9.17) is 5.26 Å². The first kappa shape index (κ1) is 16.9. The molecule has 0 bridgehead atoms. The van der Waals surface area contributed by atoms with Crippen molar-refractivity contribution in [1.82, 2.24) is 14.7 Å². The first-order chi connectivity index (χ1) is 10.6. The average molecular weight is 304 g/mol. The highest BCUT2D eigenvalue weighted by Crippen LogP contribution is 2.13. The van der Waals surface area contributed by atoms with E-state index in [1.807, 2.05) is 7.05 Å². The van der Waals surface area contributed by atoms with Gasteiger partial charge in [-0.3, -0.25) is 0 Å². The highest BCUT2D eigenvalue weighted by molar-refractivity contribution is 5.37. The average Bonchev–Trinajstić information content (AvgIpc) is 2.49. The maximum absolute atomic E-state index is 13.3. The molecule has 1 fully saturated rings. The molecule has 1 heterocycles. The van der Waals surface area contributed by atoms with Crippen LogP contribution in [0, 0.1) is 17.1 Å². The Morgan fingerprint density at radius 3 is 2.68 bits per heavy atom. The quantitative estimate of drug-likeness (QED) is 0.802. The number of halogens is 1. The smallest absolute Gasteiger partial charge is 0.123 e. The first-order valence-electron chi connectivity index (χ1n) is 7.86. The Kier molecular flexibility index (Phi) is 6.32. The maximum Gasteiger partial charge on any atom is 0.123 e. The van der Waals surface area contributed by atoms with Crippen LogP contribution in [0.15, 0.2) is 18.2 Å². The first-order valence-corrected chi connectivity index (χ1v) is 7.86. The van der Waals surface area contributed by atoms with Gasteiger partial charge >= 0.3 is 0 Å². The van der Waals surface area contributed by atoms with Crippen molar-refractivity contribution in [3.63, 3.8) is 0 Å². The second kappa shape index (κ2) is 8.23. The number of nitrogens with zero attached hydrogens (tertiary/aromatic N) is 4. The van der Waals surface area contributed by atoms with Crippen molar-refractivity contribution in [2.45, 2.75) is 13.0 Å². The van der Waals surface area contributed by atoms with Gasteiger partial charge in [-0.15, -0.1) is 0 Å². The Labute approximate surface area is 132 Å². The zero-order valence-corrected chi connectivity index (χ0v) is 13.6. The molecule has 0 amide bonds. The Morgan fingerprint density at radius 1 is 1.27 bits per heavy atom. The van der Waals surface area contributed by atoms with Crippen molar-refractivity contribution in [2.24, 2.45) is 0 Å². The van der Waals surface area contributed by atoms with Crippen molar-refractivity contribution in [2.75, 3.05) is 53.4 Å². The highest BCUT2D eigenvalue weighted by atomic mass is 19.1. The van der Waals surface area contributed by atoms with Gasteiger partial charge in [-0.25, -0.2) is 4.39 Å². The minimum atomic E-state index is -0.278. The molecule has 0 aromatic heterocycles. The molecular formula is C17H25FN4. The molecule has 1 aromatic rings. The molecule has 0 N–H and O–H groups in total. The van der Waals surface area contributed by atoms with Crippen LogP contribution in [-0.2, 0) is 6.54 Å². The lowest BCUT2D eigenvalue weighted by atomic mass is 10.1. The van der Waals surface area contributed by atoms with Gasteiger partial charge in [-0.2, -0.15) is 5.26 Å². The Bertz CT molecular complexity index is 518. The maximum atomic E-state index is 13.3. The molecule has 22 heavy (non-hydrogen) atoms. The van der Waals surface area contributed by atoms with Gasteiger partial charge in [0.05, 0.1) is 11.6 Å². The lowest BCUT2D eigenvalue weighted by Gasteiger charge is -2.32. The van der Waals surface area contributed by atoms with Crippen LogP contribution in [0.3, 0.4) is 0 Å². The van der Waals surface area contributed by atoms with E-state index in [-0.39, 0.29) is 5.82 Å². The van der Waals surface area contributed by atoms with E-state index in [0.29, 0.717) is 12.1 Å². The molecule has 1 aromatic carbocycles. The molecule has 0 atom stereocenters. The van der Waals surface area contributed by atoms with Crippen LogP contribution >= 0.6 is 0 Å². The van der Waals surface area contributed by atoms with Crippen molar-refractivity contribution >= 4 is 0 Å². The normalized spacial score (nSPS) is 16.9. The minimum Gasteiger partial charge on any atom is -0.304 e. The van der Waals surface area contributed by atoms with Crippen LogP contribution in [0.4, 0.5) is 4.39 Å². The SMILES string of the molecule is CN1CCN(CCCN(C)Cc2cc(F)ccc2C#N)CC1. The summed E-state index contributed by atoms with van der Waals surface area (Å²) in [5, 5.41) is 9.09. The summed E-state index contributed by atoms with van der Waals surface area (Å²) in [6.45, 7) is 7.24. The van der Waals surface area contributed by atoms with E-state index in [1.165, 1.54) is 12.1 Å². The fourth-order valence-corrected chi connectivity index (χ4v) is 2.81. The third-order valence-electron chi connectivity index (χ3n) is 4.24. The van der Waals surface area contributed by atoms with Crippen molar-refractivity contribution in [1.29, 1.82) is 5.26 Å². The summed E-state index contributed by atoms with van der Waals surface area (Å²) in [6.07, 6.45) is 1.09. The molecule has 4 nitrogen and oxygen atoms in total. The third kappa shape index (κ3) is 5.06. The molecular weight excluding hydrogens is 279 g/mol. The third-order valence-corrected chi connectivity index (χ3v) is 4.24. The number of hydrogen-bond acceptors (Lipinski definition) is 4. The van der Waals surface area contributed by atoms with Gasteiger partial charge in [-0.1, -0.05) is 0 Å². The summed E-state index contributed by atoms with van der Waals surface area (Å²) in [7, 11) is 4.19. The molecule has 120 valence electrons. The molecule has 0 unspecified atom stereocenters. The van der Waals surface area contributed by atoms with E-state index in [2.05, 4.69) is 27.8 Å². The van der Waals surface area contributed by atoms with Crippen LogP contribution in [0.1, 0.15) is 17.5 Å². The zero-order chi connectivity index (χ0) is 15.9. The van der Waals surface area contributed by atoms with E-state index in [0.717, 1.165) is 51.3 Å². The lowest BCUT2D eigenvalue weighted by Crippen LogP contribution is -2.45. The summed E-state index contributed by atoms with van der Waals surface area (Å²) in [4.78, 5) is 7.01. The molecule has 1 saturated heterocycles. The number of rotatable bonds is 6. The van der Waals surface area contributed by atoms with Crippen LogP contribution in [0.25, 0.3) is 0 Å². The summed E-state index contributed by atoms with van der Waals surface area (Å²) < 4.78 is 13.3. The predicted molar refractivity (Wildman–Crippen MR) is 86.0 cm³/mol. The van der Waals surface area contributed by atoms with Crippen LogP contribution in [0.5, 0.6) is 0 Å². The number of benzene rings is 1. The summed E-state index contributed by atoms with van der Waals surface area (Å²) >= 11 is 0. The van der Waals surface area contributed by atoms with E-state index in [1.54, 1.807) is 6.07 Å². The zero-order valence-electron chi connectivity index (χ0n) is 13.6. The van der Waals surface area contributed by atoms with Crippen molar-refractivity contribution < 1.29 is 4.39 Å². The largest absolute Gasteiger partial charge is 0.304 e. The Hall–Kier alpha value is -1.48. The monoisotopic (exact) mass is 304 g/mol. The molecule has 2 rings (SSSR count). The second-order valence-electron chi connectivity index (χ2n) is 6.15. The molecule has 0 saturated carbocycles. The van der Waals surface area contributed by atoms with Gasteiger partial charge in [0.15, 0.2) is 0 Å². The molecule has 0 aliphatic carbocycles. The minimum absolute atomic E-state index is 0.278. The number of hydrogen-bond donors (Lipinski definition) is 0. The topological polar surface area (TPSA) is 33.5 Å². The summed E-state index contributed by atoms with van der Waals surface area (Å²) in [5.41, 5.74) is 1.33. The fourth-order valence-electron chi connectivity index (χ4n) is 2.81. The summed E-state index contributed by atoms with van der Waals surface area (Å²) in [5.74, 6) is -0.278. The van der Waals surface area contributed by atoms with Crippen LogP contribution < -0.4 is 0 Å². The number of likely N-dealkylation sites (N-methyl/N-ethyl adjacent to an activating group) is 1. The highest BCUT2D eigenvalue weighted by Gasteiger charge is 2.13. The Morgan fingerprint density at radius 2 is 2.00 bits per heavy atom. The van der Waals surface area contributed by atoms with Gasteiger partial charge in [0, 0.05) is 32.7 Å². The fraction of sp³-hybridized carbons (Fsp3) is 0.588. The van der Waals surface area contributed by atoms with Gasteiger partial charge in [0.25, 0.3) is 0 Å². The van der Waals surface area contributed by atoms with Crippen molar-refractivity contribution in [3.05, 3.63) is 35.1 Å². The molecule has 1 aliphatic rings. The summed E-state index contributed by atoms with van der Waals surface area (Å²) in [6, 6.07) is 6.50. The molecule has 0 spiro atoms. The standard InChI is InChI=1S/C17H25FN4/c1-20-8-10-22(11-9-20)7-3-6-21(2)14-16-12-17(18)5-4-15(16)13-19/h4-5,12H,3,6-11,14H2,1-2H3. The van der Waals surface area contributed by atoms with Crippen LogP contribution in [-0.4, -0.2) is 68.1 Å². The van der Waals surface area contributed by atoms with E-state index >= 15 is 0 Å². The van der Waals surface area contributed by atoms with Gasteiger partial charge < -0.3 is 14.7 Å². The van der Waals surface area contributed by atoms with E-state index in [9.17, 15) is 4.39 Å². The molecule has 1 aliphatic heterocycles. The van der Waals surface area contributed by atoms with Gasteiger partial charge in [-0.05, 0) is 57.4 Å². The van der Waals surface area contributed by atoms with Gasteiger partial charge in [0.1, 0.15) is 5.82 Å². The number of nitriles is 1. The lowest BCUT2D eigenvalue weighted by molar-refractivity contribution is 0.147. The Balaban J connectivity index is 1.75. The predicted octanol–water partition coefficient (Wildman–Crippen LogP) is 1.77. The van der Waals surface area contributed by atoms with Gasteiger partial charge in [0.2, 0.25) is 0 Å². The van der Waals surface area contributed by atoms with Crippen molar-refractivity contribution in [3.8, 4) is 6.07 Å². The number of piperazine rings is 1. The second-order valence-corrected chi connectivity index (χ2v) is 6.15.